The average Bonchev–Trinajstić information content (AvgIpc) is 3.06. The molecule has 20 heavy (non-hydrogen) atoms. The van der Waals surface area contributed by atoms with E-state index >= 15 is 0 Å². The number of fused-ring (bicyclic) bond motifs is 1. The molecule has 0 aliphatic rings. The van der Waals surface area contributed by atoms with E-state index in [1.54, 1.807) is 19.1 Å². The molecule has 0 atom stereocenters. The van der Waals surface area contributed by atoms with Gasteiger partial charge >= 0.3 is 12.0 Å². The van der Waals surface area contributed by atoms with Gasteiger partial charge in [-0.25, -0.2) is 9.78 Å². The zero-order chi connectivity index (χ0) is 14.1. The van der Waals surface area contributed by atoms with Crippen LogP contribution in [0.5, 0.6) is 6.01 Å². The topological polar surface area (TPSA) is 103 Å². The molecule has 0 saturated heterocycles. The molecule has 3 aromatic rings. The van der Waals surface area contributed by atoms with Crippen LogP contribution in [0.25, 0.3) is 17.2 Å². The normalized spacial score (nSPS) is 10.8. The number of carbonyl (C=O) groups is 1. The summed E-state index contributed by atoms with van der Waals surface area (Å²) in [7, 11) is 0. The van der Waals surface area contributed by atoms with Crippen LogP contribution in [-0.2, 0) is 0 Å². The van der Waals surface area contributed by atoms with Crippen molar-refractivity contribution >= 4 is 11.7 Å². The maximum atomic E-state index is 11.3. The predicted molar refractivity (Wildman–Crippen MR) is 66.6 cm³/mol. The third kappa shape index (κ3) is 1.96. The Morgan fingerprint density at radius 3 is 3.00 bits per heavy atom. The molecule has 0 aliphatic heterocycles. The van der Waals surface area contributed by atoms with E-state index in [1.165, 1.54) is 12.3 Å². The van der Waals surface area contributed by atoms with Gasteiger partial charge in [0.1, 0.15) is 5.69 Å². The van der Waals surface area contributed by atoms with E-state index < -0.39 is 5.97 Å². The van der Waals surface area contributed by atoms with Gasteiger partial charge in [-0.05, 0) is 19.1 Å². The molecule has 0 aliphatic carbocycles. The summed E-state index contributed by atoms with van der Waals surface area (Å²) in [4.78, 5) is 19.6. The molecule has 1 N–H and O–H groups in total. The largest absolute Gasteiger partial charge is 0.477 e. The van der Waals surface area contributed by atoms with E-state index in [2.05, 4.69) is 15.1 Å². The van der Waals surface area contributed by atoms with Gasteiger partial charge in [-0.2, -0.15) is 9.50 Å². The number of carboxylic acid groups (broad SMARTS) is 1. The van der Waals surface area contributed by atoms with Crippen molar-refractivity contribution in [2.75, 3.05) is 6.61 Å². The van der Waals surface area contributed by atoms with Crippen LogP contribution < -0.4 is 4.74 Å². The zero-order valence-corrected chi connectivity index (χ0v) is 10.5. The summed E-state index contributed by atoms with van der Waals surface area (Å²) < 4.78 is 11.5. The highest BCUT2D eigenvalue weighted by molar-refractivity contribution is 5.87. The van der Waals surface area contributed by atoms with Crippen molar-refractivity contribution in [1.82, 2.24) is 19.6 Å². The Kier molecular flexibility index (Phi) is 2.82. The molecule has 0 unspecified atom stereocenters. The molecule has 3 heterocycles. The van der Waals surface area contributed by atoms with Crippen LogP contribution in [0.2, 0.25) is 0 Å². The molecule has 0 aromatic carbocycles. The highest BCUT2D eigenvalue weighted by Gasteiger charge is 2.18. The van der Waals surface area contributed by atoms with E-state index in [1.807, 2.05) is 0 Å². The molecular formula is C12H10N4O4. The smallest absolute Gasteiger partial charge is 0.354 e. The summed E-state index contributed by atoms with van der Waals surface area (Å²) in [5.41, 5.74) is 0.301. The average molecular weight is 274 g/mol. The monoisotopic (exact) mass is 274 g/mol. The van der Waals surface area contributed by atoms with Gasteiger partial charge in [0.2, 0.25) is 0 Å². The van der Waals surface area contributed by atoms with Gasteiger partial charge in [-0.1, -0.05) is 0 Å². The van der Waals surface area contributed by atoms with E-state index in [9.17, 15) is 9.90 Å². The Morgan fingerprint density at radius 2 is 2.35 bits per heavy atom. The maximum Gasteiger partial charge on any atom is 0.354 e. The molecule has 0 radical (unpaired) electrons. The first-order valence-corrected chi connectivity index (χ1v) is 5.87. The van der Waals surface area contributed by atoms with Gasteiger partial charge in [-0.3, -0.25) is 0 Å². The SMILES string of the molecule is CCOc1nc2nc(-c3ccco3)cc(C(=O)O)n2n1. The molecule has 0 spiro atoms. The number of aromatic carboxylic acids is 1. The summed E-state index contributed by atoms with van der Waals surface area (Å²) in [5, 5.41) is 13.2. The first kappa shape index (κ1) is 12.2. The Labute approximate surface area is 112 Å². The van der Waals surface area contributed by atoms with Crippen molar-refractivity contribution in [3.05, 3.63) is 30.2 Å². The number of furan rings is 1. The van der Waals surface area contributed by atoms with E-state index in [4.69, 9.17) is 9.15 Å². The quantitative estimate of drug-likeness (QED) is 0.768. The standard InChI is InChI=1S/C12H10N4O4/c1-2-19-12-14-11-13-7(9-4-3-5-20-9)6-8(10(17)18)16(11)15-12/h3-6H,2H2,1H3,(H,17,18). The molecule has 0 amide bonds. The summed E-state index contributed by atoms with van der Waals surface area (Å²) in [5.74, 6) is -0.547. The molecule has 8 heteroatoms. The van der Waals surface area contributed by atoms with Crippen LogP contribution in [-0.4, -0.2) is 37.3 Å². The fourth-order valence-electron chi connectivity index (χ4n) is 1.74. The minimum atomic E-state index is -1.14. The van der Waals surface area contributed by atoms with Gasteiger partial charge in [0, 0.05) is 6.07 Å². The molecule has 0 fully saturated rings. The second kappa shape index (κ2) is 4.65. The van der Waals surface area contributed by atoms with Gasteiger partial charge in [0.05, 0.1) is 12.9 Å². The number of hydrogen-bond donors (Lipinski definition) is 1. The summed E-state index contributed by atoms with van der Waals surface area (Å²) >= 11 is 0. The molecule has 102 valence electrons. The number of hydrogen-bond acceptors (Lipinski definition) is 6. The molecule has 8 nitrogen and oxygen atoms in total. The van der Waals surface area contributed by atoms with Gasteiger partial charge in [0.15, 0.2) is 11.5 Å². The van der Waals surface area contributed by atoms with Crippen LogP contribution in [0.15, 0.2) is 28.9 Å². The minimum Gasteiger partial charge on any atom is -0.477 e. The van der Waals surface area contributed by atoms with Crippen molar-refractivity contribution in [3.63, 3.8) is 0 Å². The highest BCUT2D eigenvalue weighted by Crippen LogP contribution is 2.20. The lowest BCUT2D eigenvalue weighted by Crippen LogP contribution is -2.08. The van der Waals surface area contributed by atoms with Crippen molar-refractivity contribution in [1.29, 1.82) is 0 Å². The lowest BCUT2D eigenvalue weighted by atomic mass is 10.2. The fourth-order valence-corrected chi connectivity index (χ4v) is 1.74. The first-order valence-electron chi connectivity index (χ1n) is 5.87. The van der Waals surface area contributed by atoms with Crippen LogP contribution >= 0.6 is 0 Å². The van der Waals surface area contributed by atoms with Gasteiger partial charge < -0.3 is 14.3 Å². The van der Waals surface area contributed by atoms with E-state index in [0.29, 0.717) is 18.1 Å². The zero-order valence-electron chi connectivity index (χ0n) is 10.5. The number of aromatic nitrogens is 4. The first-order chi connectivity index (χ1) is 9.69. The number of rotatable bonds is 4. The van der Waals surface area contributed by atoms with Crippen molar-refractivity contribution in [2.24, 2.45) is 0 Å². The highest BCUT2D eigenvalue weighted by atomic mass is 16.5. The summed E-state index contributed by atoms with van der Waals surface area (Å²) in [6.45, 7) is 2.16. The predicted octanol–water partition coefficient (Wildman–Crippen LogP) is 1.48. The van der Waals surface area contributed by atoms with Crippen LogP contribution in [0.3, 0.4) is 0 Å². The summed E-state index contributed by atoms with van der Waals surface area (Å²) in [6.07, 6.45) is 1.48. The Balaban J connectivity index is 2.22. The third-order valence-electron chi connectivity index (χ3n) is 2.56. The second-order valence-corrected chi connectivity index (χ2v) is 3.85. The number of ether oxygens (including phenoxy) is 1. The van der Waals surface area contributed by atoms with Crippen LogP contribution in [0.4, 0.5) is 0 Å². The lowest BCUT2D eigenvalue weighted by molar-refractivity contribution is 0.0687. The fraction of sp³-hybridized carbons (Fsp3) is 0.167. The minimum absolute atomic E-state index is 0.0696. The molecule has 3 aromatic heterocycles. The number of nitrogens with zero attached hydrogens (tertiary/aromatic N) is 4. The summed E-state index contributed by atoms with van der Waals surface area (Å²) in [6, 6.07) is 4.83. The third-order valence-corrected chi connectivity index (χ3v) is 2.56. The van der Waals surface area contributed by atoms with Crippen LogP contribution in [0, 0.1) is 0 Å². The van der Waals surface area contributed by atoms with Crippen molar-refractivity contribution < 1.29 is 19.1 Å². The van der Waals surface area contributed by atoms with Gasteiger partial charge in [0.25, 0.3) is 5.78 Å². The van der Waals surface area contributed by atoms with Gasteiger partial charge in [-0.15, -0.1) is 5.10 Å². The molecule has 3 rings (SSSR count). The Bertz CT molecular complexity index is 763. The number of carboxylic acids is 1. The molecular weight excluding hydrogens is 264 g/mol. The maximum absolute atomic E-state index is 11.3. The molecule has 0 saturated carbocycles. The van der Waals surface area contributed by atoms with E-state index in [0.717, 1.165) is 4.52 Å². The van der Waals surface area contributed by atoms with Crippen LogP contribution in [0.1, 0.15) is 17.4 Å². The van der Waals surface area contributed by atoms with E-state index in [-0.39, 0.29) is 17.5 Å². The van der Waals surface area contributed by atoms with Crippen molar-refractivity contribution in [2.45, 2.75) is 6.92 Å². The second-order valence-electron chi connectivity index (χ2n) is 3.85. The lowest BCUT2D eigenvalue weighted by Gasteiger charge is -2.01. The Hall–Kier alpha value is -2.90. The molecule has 0 bridgehead atoms. The Morgan fingerprint density at radius 1 is 1.50 bits per heavy atom. The van der Waals surface area contributed by atoms with Crippen molar-refractivity contribution in [3.8, 4) is 17.5 Å².